The first kappa shape index (κ1) is 26.9. The van der Waals surface area contributed by atoms with Gasteiger partial charge in [0.1, 0.15) is 22.9 Å². The van der Waals surface area contributed by atoms with Crippen molar-refractivity contribution in [3.63, 3.8) is 0 Å². The molecule has 0 spiro atoms. The van der Waals surface area contributed by atoms with Gasteiger partial charge in [0.25, 0.3) is 0 Å². The number of unbranched alkanes of at least 4 members (excludes halogenated alkanes) is 1. The molecule has 0 bridgehead atoms. The van der Waals surface area contributed by atoms with Gasteiger partial charge in [-0.2, -0.15) is 0 Å². The normalized spacial score (nSPS) is 10.6. The average molecular weight is 563 g/mol. The van der Waals surface area contributed by atoms with E-state index in [0.29, 0.717) is 32.8 Å². The van der Waals surface area contributed by atoms with Gasteiger partial charge in [0, 0.05) is 10.0 Å². The number of hydrogen-bond acceptors (Lipinski definition) is 5. The Bertz CT molecular complexity index is 964. The molecule has 1 aromatic heterocycles. The maximum absolute atomic E-state index is 9.78. The van der Waals surface area contributed by atoms with E-state index in [0.717, 1.165) is 0 Å². The minimum atomic E-state index is 0. The molecule has 31 heavy (non-hydrogen) atoms. The molecule has 3 aromatic rings. The zero-order valence-corrected chi connectivity index (χ0v) is 21.6. The second kappa shape index (κ2) is 14.1. The predicted molar refractivity (Wildman–Crippen MR) is 131 cm³/mol. The van der Waals surface area contributed by atoms with Crippen LogP contribution in [0.4, 0.5) is 11.4 Å². The Balaban J connectivity index is 0.000000885. The molecule has 2 aromatic carbocycles. The third-order valence-electron chi connectivity index (χ3n) is 3.84. The fourth-order valence-corrected chi connectivity index (χ4v) is 2.42. The summed E-state index contributed by atoms with van der Waals surface area (Å²) in [6, 6.07) is 14.5. The Morgan fingerprint density at radius 2 is 1.19 bits per heavy atom. The molecule has 0 saturated carbocycles. The van der Waals surface area contributed by atoms with Gasteiger partial charge >= 0.3 is 23.9 Å². The molecule has 1 heterocycles. The molecule has 0 aliphatic heterocycles. The molecule has 3 rings (SSSR count). The van der Waals surface area contributed by atoms with Crippen molar-refractivity contribution in [2.24, 2.45) is 9.98 Å². The SMILES string of the molecule is CCCC.Oc1ccc(Cl)cc1N=Cc1cccc(C=Nc2cc(Cl)ccc2O)n1.[Sn+4]. The minimum Gasteiger partial charge on any atom is -0.506 e. The fourth-order valence-electron chi connectivity index (χ4n) is 2.08. The van der Waals surface area contributed by atoms with E-state index in [9.17, 15) is 10.2 Å². The third-order valence-corrected chi connectivity index (χ3v) is 4.31. The van der Waals surface area contributed by atoms with Crippen LogP contribution in [-0.2, 0) is 0 Å². The number of aromatic hydroxyl groups is 2. The van der Waals surface area contributed by atoms with E-state index < -0.39 is 0 Å². The summed E-state index contributed by atoms with van der Waals surface area (Å²) in [5.74, 6) is 0.0552. The molecule has 0 radical (unpaired) electrons. The van der Waals surface area contributed by atoms with Crippen LogP contribution in [0.1, 0.15) is 38.1 Å². The van der Waals surface area contributed by atoms with E-state index in [2.05, 4.69) is 28.8 Å². The Hall–Kier alpha value is -2.09. The van der Waals surface area contributed by atoms with Crippen molar-refractivity contribution in [1.29, 1.82) is 0 Å². The Morgan fingerprint density at radius 3 is 1.58 bits per heavy atom. The fraction of sp³-hybridized carbons (Fsp3) is 0.174. The summed E-state index contributed by atoms with van der Waals surface area (Å²) in [4.78, 5) is 12.8. The number of hydrogen-bond donors (Lipinski definition) is 2. The molecule has 0 atom stereocenters. The first-order valence-electron chi connectivity index (χ1n) is 9.45. The Morgan fingerprint density at radius 1 is 0.774 bits per heavy atom. The van der Waals surface area contributed by atoms with Crippen LogP contribution in [-0.4, -0.2) is 51.5 Å². The second-order valence-corrected chi connectivity index (χ2v) is 7.14. The largest absolute Gasteiger partial charge is 4.00 e. The van der Waals surface area contributed by atoms with E-state index in [1.165, 1.54) is 37.4 Å². The van der Waals surface area contributed by atoms with E-state index in [4.69, 9.17) is 23.2 Å². The van der Waals surface area contributed by atoms with Gasteiger partial charge in [-0.25, -0.2) is 4.98 Å². The molecular formula is C23H23Cl2N3O2Sn+4. The molecule has 0 fully saturated rings. The Kier molecular flexibility index (Phi) is 12.2. The molecule has 0 aliphatic rings. The van der Waals surface area contributed by atoms with Gasteiger partial charge in [0.05, 0.1) is 23.8 Å². The molecule has 0 unspecified atom stereocenters. The number of halogens is 2. The van der Waals surface area contributed by atoms with Crippen molar-refractivity contribution in [3.05, 3.63) is 76.0 Å². The third kappa shape index (κ3) is 9.29. The molecule has 0 amide bonds. The second-order valence-electron chi connectivity index (χ2n) is 6.27. The van der Waals surface area contributed by atoms with Crippen LogP contribution in [0.5, 0.6) is 11.5 Å². The monoisotopic (exact) mass is 563 g/mol. The van der Waals surface area contributed by atoms with Crippen molar-refractivity contribution in [2.75, 3.05) is 0 Å². The van der Waals surface area contributed by atoms with Crippen LogP contribution in [0.15, 0.2) is 64.6 Å². The van der Waals surface area contributed by atoms with Crippen molar-refractivity contribution >= 4 is 70.9 Å². The number of phenolic OH excluding ortho intramolecular Hbond substituents is 2. The first-order valence-corrected chi connectivity index (χ1v) is 10.2. The first-order chi connectivity index (χ1) is 14.4. The van der Waals surface area contributed by atoms with Crippen LogP contribution in [0.3, 0.4) is 0 Å². The predicted octanol–water partition coefficient (Wildman–Crippen LogP) is 6.73. The van der Waals surface area contributed by atoms with Gasteiger partial charge in [-0.3, -0.25) is 9.98 Å². The van der Waals surface area contributed by atoms with Crippen molar-refractivity contribution in [3.8, 4) is 11.5 Å². The maximum Gasteiger partial charge on any atom is 4.00 e. The van der Waals surface area contributed by atoms with Gasteiger partial charge in [0.15, 0.2) is 0 Å². The summed E-state index contributed by atoms with van der Waals surface area (Å²) in [6.07, 6.45) is 5.67. The quantitative estimate of drug-likeness (QED) is 0.267. The smallest absolute Gasteiger partial charge is 0.506 e. The summed E-state index contributed by atoms with van der Waals surface area (Å²) >= 11 is 11.8. The van der Waals surface area contributed by atoms with Crippen molar-refractivity contribution in [1.82, 2.24) is 4.98 Å². The molecule has 8 heteroatoms. The van der Waals surface area contributed by atoms with Gasteiger partial charge in [-0.1, -0.05) is 56.0 Å². The van der Waals surface area contributed by atoms with E-state index in [1.807, 2.05) is 0 Å². The molecule has 0 saturated heterocycles. The van der Waals surface area contributed by atoms with Gasteiger partial charge in [0.2, 0.25) is 0 Å². The van der Waals surface area contributed by atoms with Crippen LogP contribution >= 0.6 is 23.2 Å². The van der Waals surface area contributed by atoms with Crippen LogP contribution < -0.4 is 0 Å². The van der Waals surface area contributed by atoms with E-state index in [1.54, 1.807) is 42.5 Å². The summed E-state index contributed by atoms with van der Waals surface area (Å²) in [6.45, 7) is 4.36. The van der Waals surface area contributed by atoms with Gasteiger partial charge < -0.3 is 10.2 Å². The molecule has 156 valence electrons. The van der Waals surface area contributed by atoms with Crippen LogP contribution in [0.25, 0.3) is 0 Å². The number of benzene rings is 2. The summed E-state index contributed by atoms with van der Waals surface area (Å²) < 4.78 is 0. The molecular weight excluding hydrogens is 540 g/mol. The number of phenols is 2. The molecule has 2 N–H and O–H groups in total. The average Bonchev–Trinajstić information content (AvgIpc) is 2.75. The van der Waals surface area contributed by atoms with Gasteiger partial charge in [-0.15, -0.1) is 0 Å². The van der Waals surface area contributed by atoms with Crippen molar-refractivity contribution < 1.29 is 10.2 Å². The number of aliphatic imine (C=N–C) groups is 2. The number of nitrogens with zero attached hydrogens (tertiary/aromatic N) is 3. The zero-order valence-electron chi connectivity index (χ0n) is 17.3. The number of aromatic nitrogens is 1. The molecule has 0 aliphatic carbocycles. The van der Waals surface area contributed by atoms with Crippen molar-refractivity contribution in [2.45, 2.75) is 26.7 Å². The van der Waals surface area contributed by atoms with E-state index >= 15 is 0 Å². The maximum atomic E-state index is 9.78. The summed E-state index contributed by atoms with van der Waals surface area (Å²) in [5.41, 5.74) is 1.84. The Labute approximate surface area is 209 Å². The number of rotatable bonds is 5. The minimum absolute atomic E-state index is 0. The van der Waals surface area contributed by atoms with Crippen LogP contribution in [0, 0.1) is 0 Å². The summed E-state index contributed by atoms with van der Waals surface area (Å²) in [7, 11) is 0. The van der Waals surface area contributed by atoms with E-state index in [-0.39, 0.29) is 35.4 Å². The number of pyridine rings is 1. The molecule has 5 nitrogen and oxygen atoms in total. The van der Waals surface area contributed by atoms with Crippen LogP contribution in [0.2, 0.25) is 10.0 Å². The van der Waals surface area contributed by atoms with Gasteiger partial charge in [-0.05, 0) is 48.5 Å². The topological polar surface area (TPSA) is 78.1 Å². The standard InChI is InChI=1S/C19H13Cl2N3O2.C4H10.Sn/c20-12-4-6-18(25)16(8-12)22-10-14-2-1-3-15(24-14)11-23-17-9-13(21)5-7-19(17)26;1-3-4-2;/h1-11,25-26H;3-4H2,1-2H3;/q;;+4. The summed E-state index contributed by atoms with van der Waals surface area (Å²) in [5, 5.41) is 20.5. The zero-order chi connectivity index (χ0) is 21.9.